The molecule has 202 valence electrons. The Hall–Kier alpha value is -2.04. The van der Waals surface area contributed by atoms with Crippen molar-refractivity contribution in [2.75, 3.05) is 5.32 Å². The summed E-state index contributed by atoms with van der Waals surface area (Å²) in [6, 6.07) is 7.48. The highest BCUT2D eigenvalue weighted by molar-refractivity contribution is 9.10. The molecule has 0 unspecified atom stereocenters. The van der Waals surface area contributed by atoms with Gasteiger partial charge in [-0.3, -0.25) is 0 Å². The Balaban J connectivity index is 2.00. The van der Waals surface area contributed by atoms with Gasteiger partial charge in [0, 0.05) is 10.0 Å². The molecule has 0 bridgehead atoms. The van der Waals surface area contributed by atoms with Crippen molar-refractivity contribution in [3.05, 3.63) is 57.2 Å². The van der Waals surface area contributed by atoms with Gasteiger partial charge in [0.05, 0.1) is 22.7 Å². The molecule has 0 aliphatic rings. The summed E-state index contributed by atoms with van der Waals surface area (Å²) in [7, 11) is -2.38. The lowest BCUT2D eigenvalue weighted by Gasteiger charge is -2.42. The third-order valence-corrected chi connectivity index (χ3v) is 12.9. The van der Waals surface area contributed by atoms with Crippen LogP contribution in [-0.2, 0) is 10.3 Å². The van der Waals surface area contributed by atoms with E-state index in [0.717, 1.165) is 34.4 Å². The molecule has 5 nitrogen and oxygen atoms in total. The van der Waals surface area contributed by atoms with Gasteiger partial charge in [0.2, 0.25) is 0 Å². The molecule has 0 saturated heterocycles. The van der Waals surface area contributed by atoms with Crippen LogP contribution in [0.4, 0.5) is 19.0 Å². The minimum atomic E-state index is -3.55. The fourth-order valence-corrected chi connectivity index (χ4v) is 8.11. The van der Waals surface area contributed by atoms with Crippen LogP contribution in [0.5, 0.6) is 0 Å². The first-order valence-electron chi connectivity index (χ1n) is 12.7. The number of nitrogens with zero attached hydrogens (tertiary/aromatic N) is 3. The molecule has 1 aromatic carbocycles. The van der Waals surface area contributed by atoms with Gasteiger partial charge in [-0.2, -0.15) is 8.78 Å². The van der Waals surface area contributed by atoms with Crippen LogP contribution in [0, 0.1) is 19.7 Å². The van der Waals surface area contributed by atoms with E-state index in [-0.39, 0.29) is 5.56 Å². The van der Waals surface area contributed by atoms with E-state index in [1.165, 1.54) is 26.0 Å². The van der Waals surface area contributed by atoms with Gasteiger partial charge >= 0.3 is 5.92 Å². The maximum Gasteiger partial charge on any atom is 0.302 e. The normalized spacial score (nSPS) is 13.7. The molecule has 0 amide bonds. The zero-order valence-electron chi connectivity index (χ0n) is 22.8. The second kappa shape index (κ2) is 11.0. The van der Waals surface area contributed by atoms with Gasteiger partial charge in [0.1, 0.15) is 23.1 Å². The van der Waals surface area contributed by atoms with Gasteiger partial charge in [0.25, 0.3) is 0 Å². The topological polar surface area (TPSA) is 59.9 Å². The van der Waals surface area contributed by atoms with Crippen LogP contribution < -0.4 is 5.32 Å². The number of rotatable bonds is 10. The molecule has 10 heteroatoms. The third-order valence-electron chi connectivity index (χ3n) is 7.28. The number of nitrogens with one attached hydrogen (secondary N) is 1. The molecular weight excluding hydrogens is 561 g/mol. The van der Waals surface area contributed by atoms with E-state index in [0.29, 0.717) is 22.7 Å². The summed E-state index contributed by atoms with van der Waals surface area (Å²) in [6.45, 7) is 14.0. The van der Waals surface area contributed by atoms with Crippen molar-refractivity contribution < 1.29 is 17.6 Å². The number of anilines is 1. The van der Waals surface area contributed by atoms with Crippen LogP contribution in [0.2, 0.25) is 18.1 Å². The highest BCUT2D eigenvalue weighted by atomic mass is 79.9. The fraction of sp³-hybridized carbons (Fsp3) is 0.519. The molecule has 2 heterocycles. The lowest BCUT2D eigenvalue weighted by molar-refractivity contribution is -0.161. The Bertz CT molecular complexity index is 1280. The van der Waals surface area contributed by atoms with Gasteiger partial charge in [-0.25, -0.2) is 19.3 Å². The molecule has 1 atom stereocenters. The van der Waals surface area contributed by atoms with E-state index in [2.05, 4.69) is 36.2 Å². The number of hydrogen-bond donors (Lipinski definition) is 1. The average molecular weight is 598 g/mol. The van der Waals surface area contributed by atoms with E-state index in [4.69, 9.17) is 4.43 Å². The summed E-state index contributed by atoms with van der Waals surface area (Å²) in [6.07, 6.45) is 0. The number of hydrogen-bond acceptors (Lipinski definition) is 5. The van der Waals surface area contributed by atoms with Crippen LogP contribution in [0.1, 0.15) is 70.2 Å². The fourth-order valence-electron chi connectivity index (χ4n) is 4.64. The van der Waals surface area contributed by atoms with Crippen LogP contribution in [0.25, 0.3) is 11.0 Å². The number of pyridine rings is 1. The smallest absolute Gasteiger partial charge is 0.302 e. The first-order valence-corrected chi connectivity index (χ1v) is 16.0. The Labute approximate surface area is 226 Å². The molecule has 0 radical (unpaired) electrons. The lowest BCUT2D eigenvalue weighted by atomic mass is 9.91. The third kappa shape index (κ3) is 5.71. The Morgan fingerprint density at radius 1 is 1.05 bits per heavy atom. The molecular formula is C27H36BrF3N4OSi. The van der Waals surface area contributed by atoms with Crippen LogP contribution in [0.3, 0.4) is 0 Å². The minimum Gasteiger partial charge on any atom is -0.405 e. The zero-order chi connectivity index (χ0) is 27.8. The van der Waals surface area contributed by atoms with E-state index in [9.17, 15) is 0 Å². The second-order valence-corrected chi connectivity index (χ2v) is 15.6. The van der Waals surface area contributed by atoms with Crippen molar-refractivity contribution in [1.82, 2.24) is 15.0 Å². The van der Waals surface area contributed by atoms with Crippen molar-refractivity contribution in [2.24, 2.45) is 0 Å². The van der Waals surface area contributed by atoms with Crippen molar-refractivity contribution >= 4 is 41.1 Å². The average Bonchev–Trinajstić information content (AvgIpc) is 2.83. The van der Waals surface area contributed by atoms with Gasteiger partial charge < -0.3 is 9.74 Å². The van der Waals surface area contributed by atoms with E-state index in [1.807, 2.05) is 33.8 Å². The summed E-state index contributed by atoms with van der Waals surface area (Å²) < 4.78 is 54.7. The zero-order valence-corrected chi connectivity index (χ0v) is 25.4. The number of benzene rings is 1. The monoisotopic (exact) mass is 596 g/mol. The molecule has 0 fully saturated rings. The summed E-state index contributed by atoms with van der Waals surface area (Å²) in [4.78, 5) is 13.4. The van der Waals surface area contributed by atoms with Crippen molar-refractivity contribution in [3.8, 4) is 0 Å². The first-order chi connectivity index (χ1) is 17.2. The molecule has 3 rings (SSSR count). The number of aryl methyl sites for hydroxylation is 2. The molecule has 3 aromatic rings. The van der Waals surface area contributed by atoms with Gasteiger partial charge in [-0.15, -0.1) is 0 Å². The molecule has 0 aliphatic heterocycles. The van der Waals surface area contributed by atoms with Crippen LogP contribution in [-0.4, -0.2) is 28.9 Å². The second-order valence-electron chi connectivity index (χ2n) is 10.1. The van der Waals surface area contributed by atoms with Crippen LogP contribution >= 0.6 is 15.9 Å². The summed E-state index contributed by atoms with van der Waals surface area (Å²) in [5.74, 6) is -3.56. The lowest BCUT2D eigenvalue weighted by Crippen LogP contribution is -2.52. The molecule has 0 spiro atoms. The maximum atomic E-state index is 16.0. The molecule has 1 N–H and O–H groups in total. The summed E-state index contributed by atoms with van der Waals surface area (Å²) in [5.41, 5.74) is -1.15. The van der Waals surface area contributed by atoms with Crippen molar-refractivity contribution in [3.63, 3.8) is 0 Å². The standard InChI is InChI=1S/C27H36BrF3N4OSi/c1-9-37(10-2,11-3)36-26(7,8)27(30,31)21-14-12-13-19(23(21)29)16(4)32-24-20-15-22(28)17(5)33-25(20)35-18(6)34-24/h12-16H,9-11H2,1-8H3,(H,32,33,34,35)/t16-/m1/s1. The number of aromatic nitrogens is 3. The SMILES string of the molecule is CC[Si](CC)(CC)OC(C)(C)C(F)(F)c1cccc([C@@H](C)Nc2nc(C)nc3nc(C)c(Br)cc23)c1F. The number of alkyl halides is 2. The molecule has 0 aliphatic carbocycles. The van der Waals surface area contributed by atoms with E-state index in [1.54, 1.807) is 13.8 Å². The molecule has 0 saturated carbocycles. The Morgan fingerprint density at radius 3 is 2.27 bits per heavy atom. The number of fused-ring (bicyclic) bond motifs is 1. The highest BCUT2D eigenvalue weighted by Gasteiger charge is 2.54. The van der Waals surface area contributed by atoms with Gasteiger partial charge in [-0.05, 0) is 80.8 Å². The number of halogens is 4. The van der Waals surface area contributed by atoms with E-state index < -0.39 is 37.3 Å². The summed E-state index contributed by atoms with van der Waals surface area (Å²) in [5, 5.41) is 3.84. The Kier molecular flexibility index (Phi) is 8.76. The Morgan fingerprint density at radius 2 is 1.68 bits per heavy atom. The van der Waals surface area contributed by atoms with E-state index >= 15 is 13.2 Å². The summed E-state index contributed by atoms with van der Waals surface area (Å²) >= 11 is 3.48. The first kappa shape index (κ1) is 29.5. The van der Waals surface area contributed by atoms with Crippen molar-refractivity contribution in [2.45, 2.75) is 91.1 Å². The highest BCUT2D eigenvalue weighted by Crippen LogP contribution is 2.46. The largest absolute Gasteiger partial charge is 0.405 e. The minimum absolute atomic E-state index is 0.113. The molecule has 37 heavy (non-hydrogen) atoms. The van der Waals surface area contributed by atoms with Crippen molar-refractivity contribution in [1.29, 1.82) is 0 Å². The van der Waals surface area contributed by atoms with Gasteiger partial charge in [0.15, 0.2) is 14.0 Å². The predicted molar refractivity (Wildman–Crippen MR) is 149 cm³/mol. The maximum absolute atomic E-state index is 16.0. The molecule has 2 aromatic heterocycles. The van der Waals surface area contributed by atoms with Crippen LogP contribution in [0.15, 0.2) is 28.7 Å². The van der Waals surface area contributed by atoms with Gasteiger partial charge in [-0.1, -0.05) is 32.9 Å². The predicted octanol–water partition coefficient (Wildman–Crippen LogP) is 8.61. The quantitative estimate of drug-likeness (QED) is 0.237.